The van der Waals surface area contributed by atoms with Crippen LogP contribution >= 0.6 is 0 Å². The number of hydrogen-bond acceptors (Lipinski definition) is 8. The zero-order valence-electron chi connectivity index (χ0n) is 17.0. The fourth-order valence-electron chi connectivity index (χ4n) is 3.95. The van der Waals surface area contributed by atoms with E-state index in [-0.39, 0.29) is 30.5 Å². The zero-order valence-corrected chi connectivity index (χ0v) is 17.0. The Bertz CT molecular complexity index is 906. The van der Waals surface area contributed by atoms with Crippen molar-refractivity contribution in [1.29, 1.82) is 0 Å². The number of piperidine rings is 1. The summed E-state index contributed by atoms with van der Waals surface area (Å²) in [7, 11) is 0. The summed E-state index contributed by atoms with van der Waals surface area (Å²) in [5, 5.41) is 3.04. The fraction of sp³-hybridized carbons (Fsp3) is 0.476. The molecule has 3 heterocycles. The Morgan fingerprint density at radius 3 is 2.48 bits per heavy atom. The van der Waals surface area contributed by atoms with Gasteiger partial charge >= 0.3 is 5.97 Å². The molecule has 2 fully saturated rings. The van der Waals surface area contributed by atoms with Crippen molar-refractivity contribution >= 4 is 29.6 Å². The first-order chi connectivity index (χ1) is 14.9. The van der Waals surface area contributed by atoms with E-state index in [1.165, 1.54) is 12.1 Å². The summed E-state index contributed by atoms with van der Waals surface area (Å²) in [6.45, 7) is 2.79. The van der Waals surface area contributed by atoms with Crippen LogP contribution in [0.5, 0.6) is 0 Å². The van der Waals surface area contributed by atoms with Gasteiger partial charge in [0, 0.05) is 19.5 Å². The highest BCUT2D eigenvalue weighted by atomic mass is 16.7. The molecule has 4 amide bonds. The molecule has 0 saturated carbocycles. The van der Waals surface area contributed by atoms with Crippen molar-refractivity contribution in [3.8, 4) is 0 Å². The lowest BCUT2D eigenvalue weighted by Gasteiger charge is -2.35. The Morgan fingerprint density at radius 2 is 1.87 bits per heavy atom. The summed E-state index contributed by atoms with van der Waals surface area (Å²) in [6, 6.07) is 5.27. The molecule has 0 aliphatic carbocycles. The molecule has 1 N–H and O–H groups in total. The van der Waals surface area contributed by atoms with Gasteiger partial charge in [0.25, 0.3) is 17.7 Å². The van der Waals surface area contributed by atoms with Gasteiger partial charge in [-0.15, -0.1) is 0 Å². The second kappa shape index (κ2) is 8.56. The maximum Gasteiger partial charge on any atom is 0.312 e. The SMILES string of the molecule is CC(CN1C(=O)CCC(N2C(=O)c3ccccc3C2=O)C1=O)C(=O)O[C@H]1CNCCO1. The van der Waals surface area contributed by atoms with E-state index < -0.39 is 47.8 Å². The number of nitrogens with zero attached hydrogens (tertiary/aromatic N) is 2. The molecule has 2 saturated heterocycles. The van der Waals surface area contributed by atoms with E-state index in [2.05, 4.69) is 5.32 Å². The number of morpholine rings is 1. The number of likely N-dealkylation sites (tertiary alicyclic amines) is 1. The number of rotatable bonds is 5. The van der Waals surface area contributed by atoms with Crippen LogP contribution in [0.3, 0.4) is 0 Å². The van der Waals surface area contributed by atoms with Crippen LogP contribution in [0, 0.1) is 5.92 Å². The molecule has 10 heteroatoms. The summed E-state index contributed by atoms with van der Waals surface area (Å²) >= 11 is 0. The number of benzene rings is 1. The lowest BCUT2D eigenvalue weighted by atomic mass is 10.0. The van der Waals surface area contributed by atoms with Crippen LogP contribution in [0.4, 0.5) is 0 Å². The van der Waals surface area contributed by atoms with Crippen molar-refractivity contribution in [2.75, 3.05) is 26.2 Å². The maximum absolute atomic E-state index is 13.1. The molecule has 0 radical (unpaired) electrons. The maximum atomic E-state index is 13.1. The van der Waals surface area contributed by atoms with Crippen LogP contribution in [-0.2, 0) is 23.9 Å². The van der Waals surface area contributed by atoms with Gasteiger partial charge in [0.05, 0.1) is 30.2 Å². The van der Waals surface area contributed by atoms with Crippen molar-refractivity contribution in [1.82, 2.24) is 15.1 Å². The number of hydrogen-bond donors (Lipinski definition) is 1. The van der Waals surface area contributed by atoms with Crippen molar-refractivity contribution in [3.63, 3.8) is 0 Å². The highest BCUT2D eigenvalue weighted by molar-refractivity contribution is 6.23. The van der Waals surface area contributed by atoms with Crippen LogP contribution in [-0.4, -0.2) is 78.0 Å². The normalized spacial score (nSPS) is 24.9. The molecule has 3 aliphatic rings. The first-order valence-corrected chi connectivity index (χ1v) is 10.2. The van der Waals surface area contributed by atoms with Gasteiger partial charge in [0.15, 0.2) is 0 Å². The highest BCUT2D eigenvalue weighted by Crippen LogP contribution is 2.29. The minimum Gasteiger partial charge on any atom is -0.434 e. The summed E-state index contributed by atoms with van der Waals surface area (Å²) in [5.41, 5.74) is 0.476. The molecule has 3 aliphatic heterocycles. The Morgan fingerprint density at radius 1 is 1.19 bits per heavy atom. The number of esters is 1. The molecule has 0 bridgehead atoms. The number of nitrogens with one attached hydrogen (secondary N) is 1. The van der Waals surface area contributed by atoms with Gasteiger partial charge in [-0.2, -0.15) is 0 Å². The van der Waals surface area contributed by atoms with Gasteiger partial charge in [-0.3, -0.25) is 33.8 Å². The topological polar surface area (TPSA) is 122 Å². The molecular weight excluding hydrogens is 406 g/mol. The standard InChI is InChI=1S/C21H23N3O7/c1-12(21(29)31-17-10-22-8-9-30-17)11-23-16(25)7-6-15(20(23)28)24-18(26)13-4-2-3-5-14(13)19(24)27/h2-5,12,15,17,22H,6-11H2,1H3/t12?,15?,17-/m0/s1. The van der Waals surface area contributed by atoms with E-state index in [0.29, 0.717) is 19.7 Å². The minimum absolute atomic E-state index is 0.0127. The van der Waals surface area contributed by atoms with Crippen LogP contribution in [0.2, 0.25) is 0 Å². The van der Waals surface area contributed by atoms with Crippen LogP contribution in [0.25, 0.3) is 0 Å². The fourth-order valence-corrected chi connectivity index (χ4v) is 3.95. The molecular formula is C21H23N3O7. The smallest absolute Gasteiger partial charge is 0.312 e. The molecule has 10 nitrogen and oxygen atoms in total. The van der Waals surface area contributed by atoms with Crippen molar-refractivity contribution in [3.05, 3.63) is 35.4 Å². The summed E-state index contributed by atoms with van der Waals surface area (Å²) in [5.74, 6) is -3.61. The van der Waals surface area contributed by atoms with E-state index in [1.54, 1.807) is 19.1 Å². The Hall–Kier alpha value is -3.11. The van der Waals surface area contributed by atoms with Crippen molar-refractivity contribution in [2.24, 2.45) is 5.92 Å². The average molecular weight is 429 g/mol. The van der Waals surface area contributed by atoms with E-state index >= 15 is 0 Å². The third-order valence-electron chi connectivity index (χ3n) is 5.62. The molecule has 1 aromatic carbocycles. The minimum atomic E-state index is -1.08. The Labute approximate surface area is 178 Å². The number of ether oxygens (including phenoxy) is 2. The molecule has 2 unspecified atom stereocenters. The lowest BCUT2D eigenvalue weighted by molar-refractivity contribution is -0.187. The zero-order chi connectivity index (χ0) is 22.1. The van der Waals surface area contributed by atoms with Crippen LogP contribution in [0.15, 0.2) is 24.3 Å². The van der Waals surface area contributed by atoms with Gasteiger partial charge < -0.3 is 14.8 Å². The summed E-state index contributed by atoms with van der Waals surface area (Å²) < 4.78 is 10.6. The predicted octanol–water partition coefficient (Wildman–Crippen LogP) is -0.0746. The highest BCUT2D eigenvalue weighted by Gasteiger charge is 2.47. The average Bonchev–Trinajstić information content (AvgIpc) is 3.02. The van der Waals surface area contributed by atoms with Gasteiger partial charge in [-0.1, -0.05) is 19.1 Å². The molecule has 0 spiro atoms. The third kappa shape index (κ3) is 3.96. The predicted molar refractivity (Wildman–Crippen MR) is 105 cm³/mol. The summed E-state index contributed by atoms with van der Waals surface area (Å²) in [6.07, 6.45) is -0.677. The lowest BCUT2D eigenvalue weighted by Crippen LogP contribution is -2.57. The first kappa shape index (κ1) is 21.1. The van der Waals surface area contributed by atoms with Crippen LogP contribution < -0.4 is 5.32 Å². The first-order valence-electron chi connectivity index (χ1n) is 10.2. The second-order valence-corrected chi connectivity index (χ2v) is 7.77. The number of carbonyl (C=O) groups is 5. The quantitative estimate of drug-likeness (QED) is 0.510. The molecule has 4 rings (SSSR count). The molecule has 1 aromatic rings. The van der Waals surface area contributed by atoms with Gasteiger partial charge in [-0.25, -0.2) is 0 Å². The van der Waals surface area contributed by atoms with E-state index in [1.807, 2.05) is 0 Å². The molecule has 164 valence electrons. The number of fused-ring (bicyclic) bond motifs is 1. The van der Waals surface area contributed by atoms with Gasteiger partial charge in [-0.05, 0) is 18.6 Å². The number of amides is 4. The second-order valence-electron chi connectivity index (χ2n) is 7.77. The Balaban J connectivity index is 1.45. The van der Waals surface area contributed by atoms with Crippen molar-refractivity contribution < 1.29 is 33.4 Å². The van der Waals surface area contributed by atoms with Crippen molar-refractivity contribution in [2.45, 2.75) is 32.1 Å². The number of carbonyl (C=O) groups excluding carboxylic acids is 5. The molecule has 3 atom stereocenters. The number of imide groups is 2. The molecule has 0 aromatic heterocycles. The largest absolute Gasteiger partial charge is 0.434 e. The summed E-state index contributed by atoms with van der Waals surface area (Å²) in [4.78, 5) is 65.3. The van der Waals surface area contributed by atoms with Crippen LogP contribution in [0.1, 0.15) is 40.5 Å². The van der Waals surface area contributed by atoms with E-state index in [4.69, 9.17) is 9.47 Å². The van der Waals surface area contributed by atoms with E-state index in [9.17, 15) is 24.0 Å². The Kier molecular flexibility index (Phi) is 5.84. The van der Waals surface area contributed by atoms with Gasteiger partial charge in [0.1, 0.15) is 6.04 Å². The molecule has 31 heavy (non-hydrogen) atoms. The third-order valence-corrected chi connectivity index (χ3v) is 5.62. The van der Waals surface area contributed by atoms with E-state index in [0.717, 1.165) is 9.80 Å². The van der Waals surface area contributed by atoms with Gasteiger partial charge in [0.2, 0.25) is 12.2 Å². The monoisotopic (exact) mass is 429 g/mol.